The van der Waals surface area contributed by atoms with Gasteiger partial charge in [0.2, 0.25) is 5.91 Å². The molecule has 1 aromatic carbocycles. The second kappa shape index (κ2) is 5.94. The maximum atomic E-state index is 12.2. The minimum absolute atomic E-state index is 0.00939. The quantitative estimate of drug-likeness (QED) is 0.808. The number of nitrogens with two attached hydrogens (primary N) is 1. The first-order valence-corrected chi connectivity index (χ1v) is 6.51. The van der Waals surface area contributed by atoms with Gasteiger partial charge in [-0.05, 0) is 37.5 Å². The van der Waals surface area contributed by atoms with Gasteiger partial charge in [-0.15, -0.1) is 0 Å². The molecule has 0 aliphatic heterocycles. The van der Waals surface area contributed by atoms with E-state index in [-0.39, 0.29) is 18.2 Å². The van der Waals surface area contributed by atoms with Crippen LogP contribution in [0.4, 0.5) is 5.69 Å². The summed E-state index contributed by atoms with van der Waals surface area (Å²) in [6, 6.07) is 7.35. The highest BCUT2D eigenvalue weighted by atomic mass is 16.4. The number of benzene rings is 1. The van der Waals surface area contributed by atoms with E-state index in [1.807, 2.05) is 19.1 Å². The first-order chi connectivity index (χ1) is 9.16. The fraction of sp³-hybridized carbons (Fsp3) is 0.467. The Bertz CT molecular complexity index is 494. The number of rotatable bonds is 5. The van der Waals surface area contributed by atoms with E-state index < -0.39 is 11.5 Å². The summed E-state index contributed by atoms with van der Waals surface area (Å²) in [7, 11) is 1.52. The summed E-state index contributed by atoms with van der Waals surface area (Å²) in [5.74, 6) is -1.20. The number of likely N-dealkylation sites (N-methyl/N-ethyl adjacent to an activating group) is 1. The monoisotopic (exact) mass is 278 g/mol. The zero-order chi connectivity index (χ0) is 15.5. The summed E-state index contributed by atoms with van der Waals surface area (Å²) in [6.07, 6.45) is 0.261. The zero-order valence-corrected chi connectivity index (χ0v) is 12.4. The molecule has 0 aliphatic carbocycles. The summed E-state index contributed by atoms with van der Waals surface area (Å²) >= 11 is 0. The SMILES string of the molecule is CC(CC(=O)N(C)C(C)(C)C(=O)O)c1ccc(N)cc1. The third kappa shape index (κ3) is 3.50. The Hall–Kier alpha value is -2.04. The maximum absolute atomic E-state index is 12.2. The second-order valence-electron chi connectivity index (χ2n) is 5.59. The molecule has 1 unspecified atom stereocenters. The fourth-order valence-corrected chi connectivity index (χ4v) is 1.80. The minimum Gasteiger partial charge on any atom is -0.480 e. The van der Waals surface area contributed by atoms with Crippen LogP contribution in [0, 0.1) is 0 Å². The molecule has 1 rings (SSSR count). The van der Waals surface area contributed by atoms with Crippen molar-refractivity contribution in [2.75, 3.05) is 12.8 Å². The number of hydrogen-bond acceptors (Lipinski definition) is 3. The lowest BCUT2D eigenvalue weighted by Crippen LogP contribution is -2.50. The molecular formula is C15H22N2O3. The van der Waals surface area contributed by atoms with Crippen molar-refractivity contribution in [3.63, 3.8) is 0 Å². The van der Waals surface area contributed by atoms with Gasteiger partial charge in [-0.25, -0.2) is 4.79 Å². The van der Waals surface area contributed by atoms with Crippen LogP contribution in [-0.4, -0.2) is 34.5 Å². The molecule has 3 N–H and O–H groups in total. The number of carbonyl (C=O) groups excluding carboxylic acids is 1. The maximum Gasteiger partial charge on any atom is 0.329 e. The Morgan fingerprint density at radius 2 is 1.80 bits per heavy atom. The molecule has 5 heteroatoms. The van der Waals surface area contributed by atoms with E-state index in [4.69, 9.17) is 10.8 Å². The van der Waals surface area contributed by atoms with Gasteiger partial charge in [0.15, 0.2) is 0 Å². The number of amides is 1. The number of aliphatic carboxylic acids is 1. The van der Waals surface area contributed by atoms with Gasteiger partial charge in [0.1, 0.15) is 5.54 Å². The molecule has 5 nitrogen and oxygen atoms in total. The van der Waals surface area contributed by atoms with Crippen LogP contribution in [-0.2, 0) is 9.59 Å². The molecule has 0 saturated heterocycles. The summed E-state index contributed by atoms with van der Waals surface area (Å²) in [6.45, 7) is 4.97. The first-order valence-electron chi connectivity index (χ1n) is 6.51. The van der Waals surface area contributed by atoms with E-state index in [1.54, 1.807) is 12.1 Å². The Balaban J connectivity index is 2.75. The summed E-state index contributed by atoms with van der Waals surface area (Å²) < 4.78 is 0. The van der Waals surface area contributed by atoms with Gasteiger partial charge in [-0.1, -0.05) is 19.1 Å². The molecule has 1 aromatic rings. The van der Waals surface area contributed by atoms with Crippen molar-refractivity contribution in [1.82, 2.24) is 4.90 Å². The van der Waals surface area contributed by atoms with Crippen LogP contribution in [0.1, 0.15) is 38.7 Å². The molecule has 0 spiro atoms. The van der Waals surface area contributed by atoms with E-state index in [0.717, 1.165) is 5.56 Å². The number of nitrogens with zero attached hydrogens (tertiary/aromatic N) is 1. The van der Waals surface area contributed by atoms with Crippen molar-refractivity contribution in [2.24, 2.45) is 0 Å². The van der Waals surface area contributed by atoms with E-state index in [0.29, 0.717) is 5.69 Å². The summed E-state index contributed by atoms with van der Waals surface area (Å²) in [5.41, 5.74) is 6.10. The van der Waals surface area contributed by atoms with Crippen molar-refractivity contribution >= 4 is 17.6 Å². The van der Waals surface area contributed by atoms with Gasteiger partial charge in [0.25, 0.3) is 0 Å². The molecule has 0 fully saturated rings. The van der Waals surface area contributed by atoms with Crippen LogP contribution in [0.2, 0.25) is 0 Å². The molecule has 1 amide bonds. The lowest BCUT2D eigenvalue weighted by Gasteiger charge is -2.32. The third-order valence-corrected chi connectivity index (χ3v) is 3.72. The largest absolute Gasteiger partial charge is 0.480 e. The molecule has 110 valence electrons. The molecule has 20 heavy (non-hydrogen) atoms. The number of nitrogen functional groups attached to an aromatic ring is 1. The average molecular weight is 278 g/mol. The van der Waals surface area contributed by atoms with Crippen molar-refractivity contribution in [1.29, 1.82) is 0 Å². The van der Waals surface area contributed by atoms with Crippen LogP contribution in [0.5, 0.6) is 0 Å². The van der Waals surface area contributed by atoms with E-state index in [1.165, 1.54) is 25.8 Å². The van der Waals surface area contributed by atoms with Gasteiger partial charge >= 0.3 is 5.97 Å². The predicted molar refractivity (Wildman–Crippen MR) is 78.4 cm³/mol. The number of anilines is 1. The Labute approximate surface area is 119 Å². The number of carbonyl (C=O) groups is 2. The first kappa shape index (κ1) is 16.0. The average Bonchev–Trinajstić information content (AvgIpc) is 2.38. The van der Waals surface area contributed by atoms with Crippen LogP contribution in [0.15, 0.2) is 24.3 Å². The van der Waals surface area contributed by atoms with E-state index in [2.05, 4.69) is 0 Å². The Morgan fingerprint density at radius 1 is 1.30 bits per heavy atom. The van der Waals surface area contributed by atoms with Gasteiger partial charge < -0.3 is 15.7 Å². The smallest absolute Gasteiger partial charge is 0.329 e. The third-order valence-electron chi connectivity index (χ3n) is 3.72. The van der Waals surface area contributed by atoms with Crippen molar-refractivity contribution in [2.45, 2.75) is 38.6 Å². The molecule has 0 bridgehead atoms. The minimum atomic E-state index is -1.21. The number of carboxylic acids is 1. The Morgan fingerprint density at radius 3 is 2.25 bits per heavy atom. The molecule has 0 saturated carbocycles. The fourth-order valence-electron chi connectivity index (χ4n) is 1.80. The van der Waals surface area contributed by atoms with Gasteiger partial charge in [0, 0.05) is 19.2 Å². The predicted octanol–water partition coefficient (Wildman–Crippen LogP) is 2.08. The van der Waals surface area contributed by atoms with E-state index in [9.17, 15) is 9.59 Å². The van der Waals surface area contributed by atoms with Crippen molar-refractivity contribution in [3.05, 3.63) is 29.8 Å². The zero-order valence-electron chi connectivity index (χ0n) is 12.4. The van der Waals surface area contributed by atoms with Crippen LogP contribution >= 0.6 is 0 Å². The van der Waals surface area contributed by atoms with Gasteiger partial charge in [0.05, 0.1) is 0 Å². The molecular weight excluding hydrogens is 256 g/mol. The molecule has 0 heterocycles. The molecule has 1 atom stereocenters. The molecule has 0 radical (unpaired) electrons. The van der Waals surface area contributed by atoms with Gasteiger partial charge in [-0.3, -0.25) is 4.79 Å². The topological polar surface area (TPSA) is 83.6 Å². The molecule has 0 aliphatic rings. The lowest BCUT2D eigenvalue weighted by molar-refractivity contribution is -0.155. The van der Waals surface area contributed by atoms with Crippen LogP contribution in [0.3, 0.4) is 0 Å². The highest BCUT2D eigenvalue weighted by Gasteiger charge is 2.35. The number of carboxylic acid groups (broad SMARTS) is 1. The highest BCUT2D eigenvalue weighted by Crippen LogP contribution is 2.23. The highest BCUT2D eigenvalue weighted by molar-refractivity contribution is 5.86. The number of hydrogen-bond donors (Lipinski definition) is 2. The summed E-state index contributed by atoms with van der Waals surface area (Å²) in [5, 5.41) is 9.13. The van der Waals surface area contributed by atoms with E-state index >= 15 is 0 Å². The van der Waals surface area contributed by atoms with Crippen LogP contribution < -0.4 is 5.73 Å². The van der Waals surface area contributed by atoms with Crippen LogP contribution in [0.25, 0.3) is 0 Å². The summed E-state index contributed by atoms with van der Waals surface area (Å²) in [4.78, 5) is 24.6. The molecule has 0 aromatic heterocycles. The lowest BCUT2D eigenvalue weighted by atomic mass is 9.95. The second-order valence-corrected chi connectivity index (χ2v) is 5.59. The van der Waals surface area contributed by atoms with Gasteiger partial charge in [-0.2, -0.15) is 0 Å². The van der Waals surface area contributed by atoms with Crippen molar-refractivity contribution in [3.8, 4) is 0 Å². The normalized spacial score (nSPS) is 12.8. The van der Waals surface area contributed by atoms with Crippen molar-refractivity contribution < 1.29 is 14.7 Å². The Kier molecular flexibility index (Phi) is 4.76. The standard InChI is InChI=1S/C15H22N2O3/c1-10(11-5-7-12(16)8-6-11)9-13(18)17(4)15(2,3)14(19)20/h5-8,10H,9,16H2,1-4H3,(H,19,20).